The number of aliphatic hydroxyl groups excluding tert-OH is 1. The molecule has 96 valence electrons. The highest BCUT2D eigenvalue weighted by molar-refractivity contribution is 7.91. The van der Waals surface area contributed by atoms with Gasteiger partial charge in [0.2, 0.25) is 0 Å². The SMILES string of the molecule is CCC(C)(CCO)NC1CCCS(=O)(=O)C1. The molecule has 1 fully saturated rings. The van der Waals surface area contributed by atoms with Crippen LogP contribution in [0.2, 0.25) is 0 Å². The van der Waals surface area contributed by atoms with E-state index in [4.69, 9.17) is 5.11 Å². The van der Waals surface area contributed by atoms with Gasteiger partial charge in [-0.2, -0.15) is 0 Å². The molecule has 1 rings (SSSR count). The van der Waals surface area contributed by atoms with Crippen LogP contribution in [0.25, 0.3) is 0 Å². The van der Waals surface area contributed by atoms with Gasteiger partial charge in [-0.3, -0.25) is 0 Å². The first-order valence-electron chi connectivity index (χ1n) is 6.00. The zero-order valence-corrected chi connectivity index (χ0v) is 11.0. The van der Waals surface area contributed by atoms with Crippen molar-refractivity contribution in [2.45, 2.75) is 51.1 Å². The topological polar surface area (TPSA) is 66.4 Å². The molecule has 2 unspecified atom stereocenters. The van der Waals surface area contributed by atoms with Crippen LogP contribution < -0.4 is 5.32 Å². The molecule has 0 aromatic carbocycles. The van der Waals surface area contributed by atoms with Gasteiger partial charge in [0.05, 0.1) is 11.5 Å². The number of hydrogen-bond acceptors (Lipinski definition) is 4. The molecule has 2 atom stereocenters. The fourth-order valence-electron chi connectivity index (χ4n) is 2.23. The quantitative estimate of drug-likeness (QED) is 0.753. The van der Waals surface area contributed by atoms with E-state index in [2.05, 4.69) is 12.2 Å². The molecule has 0 aromatic rings. The van der Waals surface area contributed by atoms with Crippen LogP contribution in [0.4, 0.5) is 0 Å². The fraction of sp³-hybridized carbons (Fsp3) is 1.00. The van der Waals surface area contributed by atoms with Gasteiger partial charge in [0.25, 0.3) is 0 Å². The summed E-state index contributed by atoms with van der Waals surface area (Å²) in [5.74, 6) is 0.571. The Morgan fingerprint density at radius 3 is 2.69 bits per heavy atom. The van der Waals surface area contributed by atoms with Crippen molar-refractivity contribution in [2.75, 3.05) is 18.1 Å². The van der Waals surface area contributed by atoms with Gasteiger partial charge in [-0.15, -0.1) is 0 Å². The normalized spacial score (nSPS) is 28.6. The third-order valence-electron chi connectivity index (χ3n) is 3.46. The lowest BCUT2D eigenvalue weighted by molar-refractivity contribution is 0.202. The van der Waals surface area contributed by atoms with E-state index >= 15 is 0 Å². The molecule has 0 spiro atoms. The summed E-state index contributed by atoms with van der Waals surface area (Å²) >= 11 is 0. The largest absolute Gasteiger partial charge is 0.396 e. The van der Waals surface area contributed by atoms with E-state index in [-0.39, 0.29) is 23.9 Å². The minimum atomic E-state index is -2.85. The maximum Gasteiger partial charge on any atom is 0.151 e. The number of sulfone groups is 1. The predicted molar refractivity (Wildman–Crippen MR) is 65.2 cm³/mol. The molecular weight excluding hydrogens is 226 g/mol. The molecule has 1 aliphatic heterocycles. The van der Waals surface area contributed by atoms with Crippen molar-refractivity contribution in [1.82, 2.24) is 5.32 Å². The van der Waals surface area contributed by atoms with Gasteiger partial charge in [0, 0.05) is 18.2 Å². The molecular formula is C11H23NO3S. The molecule has 1 heterocycles. The summed E-state index contributed by atoms with van der Waals surface area (Å²) < 4.78 is 23.0. The first kappa shape index (κ1) is 13.9. The van der Waals surface area contributed by atoms with Crippen molar-refractivity contribution >= 4 is 9.84 Å². The minimum absolute atomic E-state index is 0.0512. The fourth-order valence-corrected chi connectivity index (χ4v) is 3.86. The van der Waals surface area contributed by atoms with Crippen molar-refractivity contribution in [3.8, 4) is 0 Å². The van der Waals surface area contributed by atoms with Gasteiger partial charge in [0.15, 0.2) is 9.84 Å². The summed E-state index contributed by atoms with van der Waals surface area (Å²) in [6, 6.07) is 0.0512. The molecule has 0 radical (unpaired) electrons. The monoisotopic (exact) mass is 249 g/mol. The second-order valence-electron chi connectivity index (χ2n) is 4.99. The summed E-state index contributed by atoms with van der Waals surface area (Å²) in [6.45, 7) is 4.24. The van der Waals surface area contributed by atoms with E-state index in [0.29, 0.717) is 12.2 Å². The van der Waals surface area contributed by atoms with E-state index in [9.17, 15) is 8.42 Å². The van der Waals surface area contributed by atoms with Crippen LogP contribution in [0.1, 0.15) is 39.5 Å². The zero-order chi connectivity index (χ0) is 12.2. The highest BCUT2D eigenvalue weighted by atomic mass is 32.2. The maximum atomic E-state index is 11.5. The average Bonchev–Trinajstić information content (AvgIpc) is 2.16. The van der Waals surface area contributed by atoms with Gasteiger partial charge in [-0.25, -0.2) is 8.42 Å². The Balaban J connectivity index is 2.58. The Morgan fingerprint density at radius 1 is 1.50 bits per heavy atom. The molecule has 0 bridgehead atoms. The lowest BCUT2D eigenvalue weighted by atomic mass is 9.93. The van der Waals surface area contributed by atoms with Crippen molar-refractivity contribution in [3.05, 3.63) is 0 Å². The van der Waals surface area contributed by atoms with E-state index < -0.39 is 9.84 Å². The molecule has 2 N–H and O–H groups in total. The third kappa shape index (κ3) is 4.03. The van der Waals surface area contributed by atoms with Crippen molar-refractivity contribution in [2.24, 2.45) is 0 Å². The van der Waals surface area contributed by atoms with Crippen LogP contribution in [-0.4, -0.2) is 43.2 Å². The maximum absolute atomic E-state index is 11.5. The number of nitrogens with one attached hydrogen (secondary N) is 1. The van der Waals surface area contributed by atoms with Gasteiger partial charge in [-0.05, 0) is 32.6 Å². The minimum Gasteiger partial charge on any atom is -0.396 e. The average molecular weight is 249 g/mol. The second kappa shape index (κ2) is 5.47. The first-order chi connectivity index (χ1) is 7.41. The van der Waals surface area contributed by atoms with Crippen LogP contribution in [0.15, 0.2) is 0 Å². The molecule has 0 amide bonds. The van der Waals surface area contributed by atoms with Crippen molar-refractivity contribution in [3.63, 3.8) is 0 Å². The van der Waals surface area contributed by atoms with Crippen LogP contribution in [0.3, 0.4) is 0 Å². The number of hydrogen-bond donors (Lipinski definition) is 2. The first-order valence-corrected chi connectivity index (χ1v) is 7.82. The van der Waals surface area contributed by atoms with E-state index in [1.165, 1.54) is 0 Å². The van der Waals surface area contributed by atoms with Crippen LogP contribution in [0.5, 0.6) is 0 Å². The van der Waals surface area contributed by atoms with Gasteiger partial charge in [-0.1, -0.05) is 6.92 Å². The summed E-state index contributed by atoms with van der Waals surface area (Å²) in [6.07, 6.45) is 3.23. The highest BCUT2D eigenvalue weighted by Gasteiger charge is 2.30. The Morgan fingerprint density at radius 2 is 2.19 bits per heavy atom. The number of aliphatic hydroxyl groups is 1. The molecule has 16 heavy (non-hydrogen) atoms. The summed E-state index contributed by atoms with van der Waals surface area (Å²) in [5, 5.41) is 12.4. The molecule has 5 heteroatoms. The summed E-state index contributed by atoms with van der Waals surface area (Å²) in [7, 11) is -2.85. The van der Waals surface area contributed by atoms with Crippen LogP contribution in [-0.2, 0) is 9.84 Å². The lowest BCUT2D eigenvalue weighted by Gasteiger charge is -2.35. The Hall–Kier alpha value is -0.130. The standard InChI is InChI=1S/C11H23NO3S/c1-3-11(2,6-7-13)12-10-5-4-8-16(14,15)9-10/h10,12-13H,3-9H2,1-2H3. The molecule has 1 aliphatic rings. The Kier molecular flexibility index (Phi) is 4.76. The molecule has 0 aliphatic carbocycles. The van der Waals surface area contributed by atoms with Gasteiger partial charge in [0.1, 0.15) is 0 Å². The van der Waals surface area contributed by atoms with E-state index in [1.807, 2.05) is 6.92 Å². The van der Waals surface area contributed by atoms with Crippen LogP contribution in [0, 0.1) is 0 Å². The summed E-state index contributed by atoms with van der Waals surface area (Å²) in [4.78, 5) is 0. The Labute approximate surface area is 98.4 Å². The third-order valence-corrected chi connectivity index (χ3v) is 5.28. The lowest BCUT2D eigenvalue weighted by Crippen LogP contribution is -2.52. The predicted octanol–water partition coefficient (Wildman–Crippen LogP) is 0.704. The molecule has 4 nitrogen and oxygen atoms in total. The molecule has 1 saturated heterocycles. The van der Waals surface area contributed by atoms with E-state index in [1.54, 1.807) is 0 Å². The van der Waals surface area contributed by atoms with E-state index in [0.717, 1.165) is 19.3 Å². The van der Waals surface area contributed by atoms with Crippen molar-refractivity contribution in [1.29, 1.82) is 0 Å². The zero-order valence-electron chi connectivity index (χ0n) is 10.2. The molecule has 0 aromatic heterocycles. The number of rotatable bonds is 5. The van der Waals surface area contributed by atoms with Crippen molar-refractivity contribution < 1.29 is 13.5 Å². The Bertz CT molecular complexity index is 315. The van der Waals surface area contributed by atoms with Crippen LogP contribution >= 0.6 is 0 Å². The second-order valence-corrected chi connectivity index (χ2v) is 7.21. The van der Waals surface area contributed by atoms with Gasteiger partial charge >= 0.3 is 0 Å². The summed E-state index contributed by atoms with van der Waals surface area (Å²) in [5.41, 5.74) is -0.147. The van der Waals surface area contributed by atoms with Gasteiger partial charge < -0.3 is 10.4 Å². The smallest absolute Gasteiger partial charge is 0.151 e. The molecule has 0 saturated carbocycles. The highest BCUT2D eigenvalue weighted by Crippen LogP contribution is 2.19.